The van der Waals surface area contributed by atoms with Crippen molar-refractivity contribution in [2.45, 2.75) is 26.3 Å². The molecule has 18 heavy (non-hydrogen) atoms. The molecule has 0 spiro atoms. The van der Waals surface area contributed by atoms with E-state index >= 15 is 0 Å². The lowest BCUT2D eigenvalue weighted by molar-refractivity contribution is -0.125. The number of nitrogens with zero attached hydrogens (tertiary/aromatic N) is 1. The molecule has 0 saturated carbocycles. The first-order valence-corrected chi connectivity index (χ1v) is 6.71. The van der Waals surface area contributed by atoms with E-state index in [9.17, 15) is 9.59 Å². The fourth-order valence-electron chi connectivity index (χ4n) is 2.30. The van der Waals surface area contributed by atoms with Gasteiger partial charge >= 0.3 is 0 Å². The predicted octanol–water partition coefficient (Wildman–Crippen LogP) is 2.10. The topological polar surface area (TPSA) is 37.4 Å². The molecule has 1 heterocycles. The van der Waals surface area contributed by atoms with Gasteiger partial charge in [0.15, 0.2) is 5.78 Å². The Labute approximate surface area is 113 Å². The third-order valence-corrected chi connectivity index (χ3v) is 3.93. The summed E-state index contributed by atoms with van der Waals surface area (Å²) in [6.07, 6.45) is 0.622. The Bertz CT molecular complexity index is 486. The highest BCUT2D eigenvalue weighted by molar-refractivity contribution is 7.80. The van der Waals surface area contributed by atoms with Crippen molar-refractivity contribution < 1.29 is 9.59 Å². The summed E-state index contributed by atoms with van der Waals surface area (Å²) < 4.78 is 0. The van der Waals surface area contributed by atoms with Gasteiger partial charge in [-0.05, 0) is 18.6 Å². The summed E-state index contributed by atoms with van der Waals surface area (Å²) >= 11 is 4.17. The molecule has 2 rings (SSSR count). The molecule has 0 fully saturated rings. The Balaban J connectivity index is 2.40. The van der Waals surface area contributed by atoms with E-state index in [1.165, 1.54) is 0 Å². The number of ketones is 1. The van der Waals surface area contributed by atoms with Crippen molar-refractivity contribution in [3.8, 4) is 0 Å². The zero-order chi connectivity index (χ0) is 13.3. The molecule has 0 saturated heterocycles. The number of rotatable bonds is 3. The van der Waals surface area contributed by atoms with Crippen LogP contribution in [0.25, 0.3) is 0 Å². The average molecular weight is 263 g/mol. The van der Waals surface area contributed by atoms with E-state index in [1.807, 2.05) is 31.2 Å². The van der Waals surface area contributed by atoms with Crippen molar-refractivity contribution in [1.29, 1.82) is 0 Å². The van der Waals surface area contributed by atoms with E-state index in [0.29, 0.717) is 12.2 Å². The lowest BCUT2D eigenvalue weighted by atomic mass is 10.1. The van der Waals surface area contributed by atoms with Crippen LogP contribution in [0.4, 0.5) is 5.69 Å². The molecule has 0 radical (unpaired) electrons. The van der Waals surface area contributed by atoms with Gasteiger partial charge in [-0.25, -0.2) is 0 Å². The largest absolute Gasteiger partial charge is 0.301 e. The molecule has 0 N–H and O–H groups in total. The van der Waals surface area contributed by atoms with Gasteiger partial charge in [-0.3, -0.25) is 9.59 Å². The fraction of sp³-hybridized carbons (Fsp3) is 0.429. The average Bonchev–Trinajstić information content (AvgIpc) is 2.76. The highest BCUT2D eigenvalue weighted by Crippen LogP contribution is 2.33. The number of hydrogen-bond acceptors (Lipinski definition) is 3. The highest BCUT2D eigenvalue weighted by atomic mass is 32.1. The highest BCUT2D eigenvalue weighted by Gasteiger charge is 2.37. The number of benzene rings is 1. The van der Waals surface area contributed by atoms with Gasteiger partial charge in [0.05, 0.1) is 6.04 Å². The van der Waals surface area contributed by atoms with Crippen molar-refractivity contribution in [3.05, 3.63) is 29.8 Å². The maximum absolute atomic E-state index is 12.4. The van der Waals surface area contributed by atoms with Crippen LogP contribution in [0.5, 0.6) is 0 Å². The fourth-order valence-corrected chi connectivity index (χ4v) is 2.46. The molecule has 1 aromatic rings. The Morgan fingerprint density at radius 2 is 2.11 bits per heavy atom. The minimum Gasteiger partial charge on any atom is -0.301 e. The van der Waals surface area contributed by atoms with Gasteiger partial charge in [0.25, 0.3) is 0 Å². The van der Waals surface area contributed by atoms with Crippen molar-refractivity contribution in [1.82, 2.24) is 0 Å². The first kappa shape index (κ1) is 13.1. The van der Waals surface area contributed by atoms with Crippen LogP contribution in [0.2, 0.25) is 0 Å². The molecule has 1 unspecified atom stereocenters. The van der Waals surface area contributed by atoms with Gasteiger partial charge in [0, 0.05) is 23.8 Å². The molecular weight excluding hydrogens is 246 g/mol. The summed E-state index contributed by atoms with van der Waals surface area (Å²) in [6.45, 7) is 3.38. The standard InChI is InChI=1S/C14H17NO2S/c1-9(8-18)14(17)15-12-6-4-3-5-11(12)7-13(15)10(2)16/h3-6,9,13,18H,7-8H2,1-2H3/t9-,13?/m1/s1. The number of Topliss-reactive ketones (excluding diaryl/α,β-unsaturated/α-hetero) is 1. The number of anilines is 1. The maximum atomic E-state index is 12.4. The molecule has 0 aromatic heterocycles. The van der Waals surface area contributed by atoms with Crippen LogP contribution in [0.3, 0.4) is 0 Å². The van der Waals surface area contributed by atoms with Crippen molar-refractivity contribution >= 4 is 30.0 Å². The number of para-hydroxylation sites is 1. The van der Waals surface area contributed by atoms with E-state index < -0.39 is 0 Å². The van der Waals surface area contributed by atoms with E-state index in [-0.39, 0.29) is 23.7 Å². The zero-order valence-electron chi connectivity index (χ0n) is 10.6. The Morgan fingerprint density at radius 1 is 1.44 bits per heavy atom. The third-order valence-electron chi connectivity index (χ3n) is 3.38. The van der Waals surface area contributed by atoms with Gasteiger partial charge in [0.2, 0.25) is 5.91 Å². The van der Waals surface area contributed by atoms with Crippen LogP contribution in [0.15, 0.2) is 24.3 Å². The van der Waals surface area contributed by atoms with Crippen molar-refractivity contribution in [3.63, 3.8) is 0 Å². The van der Waals surface area contributed by atoms with Gasteiger partial charge in [-0.15, -0.1) is 0 Å². The first-order valence-electron chi connectivity index (χ1n) is 6.08. The number of fused-ring (bicyclic) bond motifs is 1. The van der Waals surface area contributed by atoms with Crippen LogP contribution >= 0.6 is 12.6 Å². The molecule has 3 nitrogen and oxygen atoms in total. The second-order valence-corrected chi connectivity index (χ2v) is 5.12. The number of hydrogen-bond donors (Lipinski definition) is 1. The molecule has 0 bridgehead atoms. The molecule has 1 aliphatic heterocycles. The summed E-state index contributed by atoms with van der Waals surface area (Å²) in [4.78, 5) is 25.8. The van der Waals surface area contributed by atoms with Crippen LogP contribution < -0.4 is 4.90 Å². The number of carbonyl (C=O) groups excluding carboxylic acids is 2. The Kier molecular flexibility index (Phi) is 3.76. The monoisotopic (exact) mass is 263 g/mol. The zero-order valence-corrected chi connectivity index (χ0v) is 11.5. The van der Waals surface area contributed by atoms with Crippen LogP contribution in [-0.4, -0.2) is 23.5 Å². The lowest BCUT2D eigenvalue weighted by Gasteiger charge is -2.26. The summed E-state index contributed by atoms with van der Waals surface area (Å²) in [6, 6.07) is 7.36. The molecule has 0 aliphatic carbocycles. The maximum Gasteiger partial charge on any atom is 0.231 e. The smallest absolute Gasteiger partial charge is 0.231 e. The molecule has 2 atom stereocenters. The predicted molar refractivity (Wildman–Crippen MR) is 75.1 cm³/mol. The molecular formula is C14H17NO2S. The van der Waals surface area contributed by atoms with Gasteiger partial charge in [-0.1, -0.05) is 25.1 Å². The van der Waals surface area contributed by atoms with E-state index in [4.69, 9.17) is 0 Å². The summed E-state index contributed by atoms with van der Waals surface area (Å²) in [7, 11) is 0. The van der Waals surface area contributed by atoms with E-state index in [2.05, 4.69) is 12.6 Å². The van der Waals surface area contributed by atoms with Crippen LogP contribution in [0, 0.1) is 5.92 Å². The number of thiol groups is 1. The SMILES string of the molecule is CC(=O)C1Cc2ccccc2N1C(=O)[C@H](C)CS. The van der Waals surface area contributed by atoms with Crippen molar-refractivity contribution in [2.24, 2.45) is 5.92 Å². The second kappa shape index (κ2) is 5.14. The molecule has 1 aliphatic rings. The first-order chi connectivity index (χ1) is 8.56. The summed E-state index contributed by atoms with van der Waals surface area (Å²) in [5, 5.41) is 0. The lowest BCUT2D eigenvalue weighted by Crippen LogP contribution is -2.44. The minimum atomic E-state index is -0.350. The Morgan fingerprint density at radius 3 is 2.72 bits per heavy atom. The number of carbonyl (C=O) groups is 2. The summed E-state index contributed by atoms with van der Waals surface area (Å²) in [5.74, 6) is 0.324. The van der Waals surface area contributed by atoms with E-state index in [0.717, 1.165) is 11.3 Å². The van der Waals surface area contributed by atoms with Gasteiger partial charge in [0.1, 0.15) is 0 Å². The van der Waals surface area contributed by atoms with Crippen LogP contribution in [0.1, 0.15) is 19.4 Å². The van der Waals surface area contributed by atoms with Crippen LogP contribution in [-0.2, 0) is 16.0 Å². The summed E-state index contributed by atoms with van der Waals surface area (Å²) in [5.41, 5.74) is 1.94. The minimum absolute atomic E-state index is 0.0184. The Hall–Kier alpha value is -1.29. The third kappa shape index (κ3) is 2.17. The quantitative estimate of drug-likeness (QED) is 0.848. The van der Waals surface area contributed by atoms with Gasteiger partial charge < -0.3 is 4.90 Å². The molecule has 96 valence electrons. The molecule has 4 heteroatoms. The normalized spacial score (nSPS) is 19.5. The molecule has 1 aromatic carbocycles. The number of amides is 1. The van der Waals surface area contributed by atoms with E-state index in [1.54, 1.807) is 11.8 Å². The molecule has 1 amide bonds. The van der Waals surface area contributed by atoms with Gasteiger partial charge in [-0.2, -0.15) is 12.6 Å². The van der Waals surface area contributed by atoms with Crippen molar-refractivity contribution in [2.75, 3.05) is 10.7 Å². The second-order valence-electron chi connectivity index (χ2n) is 4.75.